The average Bonchev–Trinajstić information content (AvgIpc) is 2.91. The van der Waals surface area contributed by atoms with Crippen molar-refractivity contribution in [2.75, 3.05) is 0 Å². The molecule has 0 saturated carbocycles. The van der Waals surface area contributed by atoms with E-state index in [1.807, 2.05) is 67.1 Å². The lowest BCUT2D eigenvalue weighted by Gasteiger charge is -1.94. The fourth-order valence-electron chi connectivity index (χ4n) is 2.66. The highest BCUT2D eigenvalue weighted by Gasteiger charge is 2.17. The molecule has 0 unspecified atom stereocenters. The minimum Gasteiger partial charge on any atom is -0.321 e. The lowest BCUT2D eigenvalue weighted by atomic mass is 9.99. The van der Waals surface area contributed by atoms with Gasteiger partial charge in [-0.25, -0.2) is 4.98 Å². The second-order valence-electron chi connectivity index (χ2n) is 5.17. The number of hydrogen-bond donors (Lipinski definition) is 1. The normalized spacial score (nSPS) is 11.2. The molecule has 4 rings (SSSR count). The molecule has 0 saturated heterocycles. The van der Waals surface area contributed by atoms with Crippen LogP contribution in [0.4, 0.5) is 0 Å². The maximum atomic E-state index is 12.3. The van der Waals surface area contributed by atoms with Crippen molar-refractivity contribution in [3.8, 4) is 22.5 Å². The van der Waals surface area contributed by atoms with Gasteiger partial charge in [0.25, 0.3) is 5.56 Å². The number of pyridine rings is 1. The minimum absolute atomic E-state index is 0.101. The van der Waals surface area contributed by atoms with Gasteiger partial charge in [-0.1, -0.05) is 35.8 Å². The zero-order chi connectivity index (χ0) is 14.4. The van der Waals surface area contributed by atoms with Gasteiger partial charge in [-0.3, -0.25) is 4.79 Å². The maximum Gasteiger partial charge on any atom is 0.258 e. The van der Waals surface area contributed by atoms with Gasteiger partial charge in [-0.05, 0) is 12.1 Å². The highest BCUT2D eigenvalue weighted by molar-refractivity contribution is 6.32. The van der Waals surface area contributed by atoms with Crippen LogP contribution in [0.2, 0.25) is 0 Å². The van der Waals surface area contributed by atoms with Gasteiger partial charge in [0.2, 0.25) is 0 Å². The van der Waals surface area contributed by atoms with Crippen LogP contribution in [0.15, 0.2) is 59.7 Å². The molecular weight excluding hydrogens is 261 g/mol. The largest absolute Gasteiger partial charge is 0.321 e. The predicted molar refractivity (Wildman–Crippen MR) is 86.0 cm³/mol. The molecule has 1 aliphatic heterocycles. The fraction of sp³-hybridized carbons (Fsp3) is 0. The van der Waals surface area contributed by atoms with Crippen molar-refractivity contribution in [3.05, 3.63) is 65.2 Å². The number of fused-ring (bicyclic) bond motifs is 2. The van der Waals surface area contributed by atoms with E-state index >= 15 is 0 Å². The Morgan fingerprint density at radius 3 is 2.81 bits per heavy atom. The summed E-state index contributed by atoms with van der Waals surface area (Å²) < 4.78 is 1.95. The van der Waals surface area contributed by atoms with E-state index in [1.165, 1.54) is 0 Å². The predicted octanol–water partition coefficient (Wildman–Crippen LogP) is 1.05. The van der Waals surface area contributed by atoms with Crippen LogP contribution in [0.25, 0.3) is 28.2 Å². The van der Waals surface area contributed by atoms with E-state index < -0.39 is 0 Å². The molecule has 5 heteroatoms. The van der Waals surface area contributed by atoms with Crippen molar-refractivity contribution >= 4 is 19.0 Å². The Labute approximate surface area is 121 Å². The summed E-state index contributed by atoms with van der Waals surface area (Å²) in [6.45, 7) is 0. The maximum absolute atomic E-state index is 12.3. The molecule has 0 bridgehead atoms. The van der Waals surface area contributed by atoms with Crippen LogP contribution < -0.4 is 11.0 Å². The van der Waals surface area contributed by atoms with E-state index in [0.717, 1.165) is 22.4 Å². The first-order valence-electron chi connectivity index (χ1n) is 6.79. The second-order valence-corrected chi connectivity index (χ2v) is 5.17. The second kappa shape index (κ2) is 4.35. The molecule has 1 aliphatic carbocycles. The van der Waals surface area contributed by atoms with Gasteiger partial charge >= 0.3 is 0 Å². The fourth-order valence-corrected chi connectivity index (χ4v) is 2.66. The summed E-state index contributed by atoms with van der Waals surface area (Å²) in [5.74, 6) is 0. The van der Waals surface area contributed by atoms with Crippen molar-refractivity contribution in [2.45, 2.75) is 0 Å². The number of hydrogen-bond acceptors (Lipinski definition) is 2. The Kier molecular flexibility index (Phi) is 2.48. The molecule has 2 aliphatic rings. The van der Waals surface area contributed by atoms with Gasteiger partial charge in [-0.15, -0.1) is 0 Å². The first-order chi connectivity index (χ1) is 10.2. The number of rotatable bonds is 1. The van der Waals surface area contributed by atoms with Crippen LogP contribution in [0.1, 0.15) is 0 Å². The first-order valence-corrected chi connectivity index (χ1v) is 6.79. The molecule has 4 nitrogen and oxygen atoms in total. The summed E-state index contributed by atoms with van der Waals surface area (Å²) >= 11 is 0. The van der Waals surface area contributed by atoms with E-state index in [4.69, 9.17) is 0 Å². The summed E-state index contributed by atoms with van der Waals surface area (Å²) in [4.78, 5) is 19.7. The average molecular weight is 273 g/mol. The van der Waals surface area contributed by atoms with E-state index in [2.05, 4.69) is 9.97 Å². The van der Waals surface area contributed by atoms with Gasteiger partial charge < -0.3 is 9.38 Å². The Bertz CT molecular complexity index is 986. The molecule has 2 aromatic heterocycles. The molecule has 3 heterocycles. The van der Waals surface area contributed by atoms with Crippen molar-refractivity contribution in [1.29, 1.82) is 0 Å². The topological polar surface area (TPSA) is 50.2 Å². The molecule has 100 valence electrons. The number of aromatic nitrogens is 3. The van der Waals surface area contributed by atoms with Crippen LogP contribution in [0.3, 0.4) is 0 Å². The number of imidazole rings is 1. The van der Waals surface area contributed by atoms with Gasteiger partial charge in [-0.2, -0.15) is 0 Å². The number of H-pyrrole nitrogens is 1. The van der Waals surface area contributed by atoms with Crippen molar-refractivity contribution in [1.82, 2.24) is 14.4 Å². The Hall–Kier alpha value is -2.82. The van der Waals surface area contributed by atoms with E-state index in [0.29, 0.717) is 11.3 Å². The third-order valence-corrected chi connectivity index (χ3v) is 3.64. The Morgan fingerprint density at radius 1 is 1.05 bits per heavy atom. The van der Waals surface area contributed by atoms with Crippen LogP contribution >= 0.6 is 0 Å². The monoisotopic (exact) mass is 273 g/mol. The van der Waals surface area contributed by atoms with Gasteiger partial charge in [0.05, 0.1) is 11.3 Å². The standard InChI is InChI=1S/C16H12BN3O/c17-10-6-7-14-18-13(9-20(14)8-10)15-11-4-2-1-3-5-12(11)19-16(15)21/h1-9H,17H2,(H,19,21). The number of nitrogens with one attached hydrogen (secondary N) is 1. The molecule has 0 amide bonds. The highest BCUT2D eigenvalue weighted by atomic mass is 16.1. The highest BCUT2D eigenvalue weighted by Crippen LogP contribution is 2.28. The SMILES string of the molecule is Bc1ccc2nc(-c3c4cccccc-4[nH]c3=O)cn2c1. The summed E-state index contributed by atoms with van der Waals surface area (Å²) in [7, 11) is 2.03. The molecule has 0 radical (unpaired) electrons. The number of nitrogens with zero attached hydrogens (tertiary/aromatic N) is 2. The molecule has 0 fully saturated rings. The van der Waals surface area contributed by atoms with Crippen LogP contribution in [0, 0.1) is 0 Å². The van der Waals surface area contributed by atoms with Crippen LogP contribution in [-0.4, -0.2) is 22.2 Å². The molecule has 1 N–H and O–H groups in total. The Morgan fingerprint density at radius 2 is 1.90 bits per heavy atom. The summed E-state index contributed by atoms with van der Waals surface area (Å²) in [5.41, 5.74) is 4.93. The molecule has 0 aromatic carbocycles. The van der Waals surface area contributed by atoms with E-state index in [9.17, 15) is 4.79 Å². The molecule has 2 aromatic rings. The lowest BCUT2D eigenvalue weighted by Crippen LogP contribution is -2.03. The number of aromatic amines is 1. The van der Waals surface area contributed by atoms with E-state index in [-0.39, 0.29) is 5.56 Å². The lowest BCUT2D eigenvalue weighted by molar-refractivity contribution is 1.20. The third kappa shape index (κ3) is 1.86. The zero-order valence-corrected chi connectivity index (χ0v) is 11.5. The smallest absolute Gasteiger partial charge is 0.258 e. The molecular formula is C16H12BN3O. The van der Waals surface area contributed by atoms with Gasteiger partial charge in [0.1, 0.15) is 13.5 Å². The summed E-state index contributed by atoms with van der Waals surface area (Å²) in [6.07, 6.45) is 3.91. The first kappa shape index (κ1) is 12.0. The summed E-state index contributed by atoms with van der Waals surface area (Å²) in [6, 6.07) is 13.6. The summed E-state index contributed by atoms with van der Waals surface area (Å²) in [5, 5.41) is 0. The minimum atomic E-state index is -0.101. The quantitative estimate of drug-likeness (QED) is 0.527. The molecule has 21 heavy (non-hydrogen) atoms. The van der Waals surface area contributed by atoms with Crippen LogP contribution in [0.5, 0.6) is 0 Å². The van der Waals surface area contributed by atoms with Gasteiger partial charge in [0.15, 0.2) is 0 Å². The Balaban J connectivity index is 2.02. The van der Waals surface area contributed by atoms with E-state index in [1.54, 1.807) is 0 Å². The van der Waals surface area contributed by atoms with Crippen molar-refractivity contribution in [2.24, 2.45) is 0 Å². The van der Waals surface area contributed by atoms with Gasteiger partial charge in [0, 0.05) is 23.7 Å². The third-order valence-electron chi connectivity index (χ3n) is 3.64. The zero-order valence-electron chi connectivity index (χ0n) is 11.5. The van der Waals surface area contributed by atoms with Crippen molar-refractivity contribution in [3.63, 3.8) is 0 Å². The van der Waals surface area contributed by atoms with Crippen LogP contribution in [-0.2, 0) is 0 Å². The molecule has 0 atom stereocenters. The van der Waals surface area contributed by atoms with Crippen molar-refractivity contribution < 1.29 is 0 Å². The molecule has 0 spiro atoms.